The minimum Gasteiger partial charge on any atom is -0.464 e. The Labute approximate surface area is 98.6 Å². The molecule has 0 saturated heterocycles. The van der Waals surface area contributed by atoms with Crippen LogP contribution in [-0.2, 0) is 0 Å². The Morgan fingerprint density at radius 3 is 2.62 bits per heavy atom. The highest BCUT2D eigenvalue weighted by Crippen LogP contribution is 2.19. The summed E-state index contributed by atoms with van der Waals surface area (Å²) in [6.45, 7) is 3.91. The van der Waals surface area contributed by atoms with Gasteiger partial charge in [-0.25, -0.2) is 0 Å². The third-order valence-corrected chi connectivity index (χ3v) is 2.39. The number of nitrogens with zero attached hydrogens (tertiary/aromatic N) is 2. The van der Waals surface area contributed by atoms with E-state index in [4.69, 9.17) is 16.0 Å². The molecule has 0 fully saturated rings. The highest BCUT2D eigenvalue weighted by molar-refractivity contribution is 6.29. The van der Waals surface area contributed by atoms with E-state index >= 15 is 0 Å². The first kappa shape index (κ1) is 11.0. The molecule has 0 aliphatic heterocycles. The lowest BCUT2D eigenvalue weighted by molar-refractivity contribution is 0.466. The molecule has 16 heavy (non-hydrogen) atoms. The van der Waals surface area contributed by atoms with Gasteiger partial charge in [-0.05, 0) is 38.1 Å². The number of aromatic nitrogens is 2. The van der Waals surface area contributed by atoms with Crippen molar-refractivity contribution in [1.29, 1.82) is 0 Å². The van der Waals surface area contributed by atoms with Crippen LogP contribution in [-0.4, -0.2) is 10.2 Å². The molecule has 0 radical (unpaired) electrons. The molecule has 0 aromatic carbocycles. The molecular formula is C11H12ClN3O. The van der Waals surface area contributed by atoms with Gasteiger partial charge in [-0.15, -0.1) is 10.2 Å². The standard InChI is InChI=1S/C11H12ClN3O/c1-7-3-4-9(16-7)8(2)13-11-6-5-10(12)14-15-11/h3-6,8H,1-2H3,(H,13,15). The molecule has 5 heteroatoms. The molecule has 0 aliphatic carbocycles. The number of aryl methyl sites for hydroxylation is 1. The Balaban J connectivity index is 2.07. The fourth-order valence-corrected chi connectivity index (χ4v) is 1.47. The molecule has 2 aromatic heterocycles. The van der Waals surface area contributed by atoms with E-state index in [9.17, 15) is 0 Å². The zero-order chi connectivity index (χ0) is 11.5. The minimum absolute atomic E-state index is 0.0455. The van der Waals surface area contributed by atoms with Crippen LogP contribution in [0.3, 0.4) is 0 Å². The Hall–Kier alpha value is -1.55. The Morgan fingerprint density at radius 2 is 2.06 bits per heavy atom. The van der Waals surface area contributed by atoms with Gasteiger partial charge in [-0.3, -0.25) is 0 Å². The van der Waals surface area contributed by atoms with Crippen molar-refractivity contribution < 1.29 is 4.42 Å². The highest BCUT2D eigenvalue weighted by Gasteiger charge is 2.09. The minimum atomic E-state index is 0.0455. The number of anilines is 1. The van der Waals surface area contributed by atoms with Gasteiger partial charge in [-0.1, -0.05) is 11.6 Å². The summed E-state index contributed by atoms with van der Waals surface area (Å²) >= 11 is 5.65. The van der Waals surface area contributed by atoms with Crippen molar-refractivity contribution in [3.05, 3.63) is 40.9 Å². The summed E-state index contributed by atoms with van der Waals surface area (Å²) in [5.41, 5.74) is 0. The summed E-state index contributed by atoms with van der Waals surface area (Å²) in [5, 5.41) is 11.2. The van der Waals surface area contributed by atoms with Crippen molar-refractivity contribution in [2.45, 2.75) is 19.9 Å². The van der Waals surface area contributed by atoms with Crippen molar-refractivity contribution in [2.24, 2.45) is 0 Å². The number of rotatable bonds is 3. The van der Waals surface area contributed by atoms with Crippen molar-refractivity contribution in [3.63, 3.8) is 0 Å². The molecule has 2 rings (SSSR count). The largest absolute Gasteiger partial charge is 0.464 e. The monoisotopic (exact) mass is 237 g/mol. The van der Waals surface area contributed by atoms with E-state index in [1.165, 1.54) is 0 Å². The van der Waals surface area contributed by atoms with Crippen molar-refractivity contribution >= 4 is 17.4 Å². The maximum Gasteiger partial charge on any atom is 0.151 e. The number of hydrogen-bond donors (Lipinski definition) is 1. The first-order valence-corrected chi connectivity index (χ1v) is 5.35. The van der Waals surface area contributed by atoms with Gasteiger partial charge in [0.15, 0.2) is 5.15 Å². The lowest BCUT2D eigenvalue weighted by Crippen LogP contribution is -2.07. The molecule has 1 N–H and O–H groups in total. The second-order valence-electron chi connectivity index (χ2n) is 3.56. The summed E-state index contributed by atoms with van der Waals surface area (Å²) < 4.78 is 5.50. The molecule has 0 aliphatic rings. The van der Waals surface area contributed by atoms with Crippen molar-refractivity contribution in [1.82, 2.24) is 10.2 Å². The lowest BCUT2D eigenvalue weighted by atomic mass is 10.2. The van der Waals surface area contributed by atoms with E-state index in [1.807, 2.05) is 26.0 Å². The fourth-order valence-electron chi connectivity index (χ4n) is 1.37. The van der Waals surface area contributed by atoms with Crippen LogP contribution in [0.1, 0.15) is 24.5 Å². The second-order valence-corrected chi connectivity index (χ2v) is 3.94. The van der Waals surface area contributed by atoms with Gasteiger partial charge in [0.2, 0.25) is 0 Å². The third-order valence-electron chi connectivity index (χ3n) is 2.18. The third kappa shape index (κ3) is 2.52. The maximum atomic E-state index is 5.65. The van der Waals surface area contributed by atoms with Gasteiger partial charge >= 0.3 is 0 Å². The Kier molecular flexibility index (Phi) is 3.10. The molecule has 1 atom stereocenters. The second kappa shape index (κ2) is 4.53. The normalized spacial score (nSPS) is 12.4. The number of nitrogens with one attached hydrogen (secondary N) is 1. The molecule has 0 saturated carbocycles. The van der Waals surface area contributed by atoms with Crippen LogP contribution in [0.2, 0.25) is 5.15 Å². The fraction of sp³-hybridized carbons (Fsp3) is 0.273. The molecular weight excluding hydrogens is 226 g/mol. The summed E-state index contributed by atoms with van der Waals surface area (Å²) in [5.74, 6) is 2.44. The van der Waals surface area contributed by atoms with E-state index in [0.717, 1.165) is 11.5 Å². The molecule has 1 unspecified atom stereocenters. The molecule has 0 spiro atoms. The van der Waals surface area contributed by atoms with Crippen LogP contribution in [0.4, 0.5) is 5.82 Å². The number of halogens is 1. The zero-order valence-electron chi connectivity index (χ0n) is 9.07. The smallest absolute Gasteiger partial charge is 0.151 e. The predicted octanol–water partition coefficient (Wildman–Crippen LogP) is 3.20. The van der Waals surface area contributed by atoms with Gasteiger partial charge < -0.3 is 9.73 Å². The van der Waals surface area contributed by atoms with E-state index in [0.29, 0.717) is 11.0 Å². The van der Waals surface area contributed by atoms with Crippen LogP contribution in [0.5, 0.6) is 0 Å². The quantitative estimate of drug-likeness (QED) is 0.891. The number of hydrogen-bond acceptors (Lipinski definition) is 4. The van der Waals surface area contributed by atoms with Crippen molar-refractivity contribution in [3.8, 4) is 0 Å². The molecule has 2 aromatic rings. The van der Waals surface area contributed by atoms with Crippen LogP contribution in [0, 0.1) is 6.92 Å². The lowest BCUT2D eigenvalue weighted by Gasteiger charge is -2.11. The van der Waals surface area contributed by atoms with E-state index in [2.05, 4.69) is 15.5 Å². The van der Waals surface area contributed by atoms with Gasteiger partial charge in [0.25, 0.3) is 0 Å². The van der Waals surface area contributed by atoms with Gasteiger partial charge in [0, 0.05) is 0 Å². The van der Waals surface area contributed by atoms with E-state index in [-0.39, 0.29) is 6.04 Å². The highest BCUT2D eigenvalue weighted by atomic mass is 35.5. The molecule has 84 valence electrons. The summed E-state index contributed by atoms with van der Waals surface area (Å²) in [4.78, 5) is 0. The van der Waals surface area contributed by atoms with Gasteiger partial charge in [-0.2, -0.15) is 0 Å². The topological polar surface area (TPSA) is 51.0 Å². The number of furan rings is 1. The van der Waals surface area contributed by atoms with Crippen LogP contribution in [0.25, 0.3) is 0 Å². The average molecular weight is 238 g/mol. The van der Waals surface area contributed by atoms with Crippen molar-refractivity contribution in [2.75, 3.05) is 5.32 Å². The van der Waals surface area contributed by atoms with Crippen LogP contribution >= 0.6 is 11.6 Å². The SMILES string of the molecule is Cc1ccc(C(C)Nc2ccc(Cl)nn2)o1. The Morgan fingerprint density at radius 1 is 1.25 bits per heavy atom. The molecule has 4 nitrogen and oxygen atoms in total. The molecule has 2 heterocycles. The van der Waals surface area contributed by atoms with E-state index in [1.54, 1.807) is 12.1 Å². The van der Waals surface area contributed by atoms with Gasteiger partial charge in [0.1, 0.15) is 17.3 Å². The zero-order valence-corrected chi connectivity index (χ0v) is 9.82. The van der Waals surface area contributed by atoms with Crippen LogP contribution in [0.15, 0.2) is 28.7 Å². The summed E-state index contributed by atoms with van der Waals surface area (Å²) in [7, 11) is 0. The summed E-state index contributed by atoms with van der Waals surface area (Å²) in [6.07, 6.45) is 0. The predicted molar refractivity (Wildman–Crippen MR) is 62.5 cm³/mol. The summed E-state index contributed by atoms with van der Waals surface area (Å²) in [6, 6.07) is 7.39. The van der Waals surface area contributed by atoms with E-state index < -0.39 is 0 Å². The average Bonchev–Trinajstić information content (AvgIpc) is 2.68. The van der Waals surface area contributed by atoms with Crippen LogP contribution < -0.4 is 5.32 Å². The maximum absolute atomic E-state index is 5.65. The first-order valence-electron chi connectivity index (χ1n) is 4.97. The Bertz CT molecular complexity index is 466. The van der Waals surface area contributed by atoms with Gasteiger partial charge in [0.05, 0.1) is 6.04 Å². The molecule has 0 bridgehead atoms. The molecule has 0 amide bonds. The first-order chi connectivity index (χ1) is 7.65.